The second-order valence-electron chi connectivity index (χ2n) is 6.11. The van der Waals surface area contributed by atoms with Crippen molar-refractivity contribution in [1.29, 1.82) is 0 Å². The maximum absolute atomic E-state index is 13.0. The van der Waals surface area contributed by atoms with Gasteiger partial charge >= 0.3 is 12.2 Å². The zero-order valence-electron chi connectivity index (χ0n) is 13.3. The van der Waals surface area contributed by atoms with Gasteiger partial charge in [0.25, 0.3) is 0 Å². The minimum Gasteiger partial charge on any atom is -0.386 e. The number of amides is 2. The summed E-state index contributed by atoms with van der Waals surface area (Å²) in [6.07, 6.45) is -3.94. The Labute approximate surface area is 138 Å². The number of rotatable bonds is 5. The Kier molecular flexibility index (Phi) is 5.71. The molecule has 2 atom stereocenters. The van der Waals surface area contributed by atoms with E-state index in [-0.39, 0.29) is 25.1 Å². The van der Waals surface area contributed by atoms with Crippen molar-refractivity contribution in [3.05, 3.63) is 35.4 Å². The van der Waals surface area contributed by atoms with Crippen molar-refractivity contribution in [2.24, 2.45) is 0 Å². The van der Waals surface area contributed by atoms with Crippen LogP contribution >= 0.6 is 0 Å². The largest absolute Gasteiger partial charge is 0.416 e. The standard InChI is InChI=1S/C16H21F3N2O3/c1-11(8-12-4-2-3-5-13(12)16(17,18)19)21-14(22)20-9-15(23)6-7-24-10-15/h2-5,11,23H,6-10H2,1H3,(H2,20,21,22). The SMILES string of the molecule is CC(Cc1ccccc1C(F)(F)F)NC(=O)NCC1(O)CCOC1. The summed E-state index contributed by atoms with van der Waals surface area (Å²) in [6.45, 7) is 2.25. The second-order valence-corrected chi connectivity index (χ2v) is 6.11. The number of benzene rings is 1. The van der Waals surface area contributed by atoms with Crippen molar-refractivity contribution in [3.63, 3.8) is 0 Å². The molecular formula is C16H21F3N2O3. The molecule has 24 heavy (non-hydrogen) atoms. The number of carbonyl (C=O) groups is 1. The van der Waals surface area contributed by atoms with E-state index in [9.17, 15) is 23.1 Å². The van der Waals surface area contributed by atoms with E-state index in [1.807, 2.05) is 0 Å². The summed E-state index contributed by atoms with van der Waals surface area (Å²) in [7, 11) is 0. The quantitative estimate of drug-likeness (QED) is 0.765. The van der Waals surface area contributed by atoms with Crippen LogP contribution in [0.1, 0.15) is 24.5 Å². The molecule has 1 fully saturated rings. The molecular weight excluding hydrogens is 325 g/mol. The van der Waals surface area contributed by atoms with Crippen LogP contribution in [0.25, 0.3) is 0 Å². The molecule has 134 valence electrons. The summed E-state index contributed by atoms with van der Waals surface area (Å²) in [4.78, 5) is 11.8. The lowest BCUT2D eigenvalue weighted by molar-refractivity contribution is -0.138. The molecule has 0 aromatic heterocycles. The highest BCUT2D eigenvalue weighted by Gasteiger charge is 2.34. The summed E-state index contributed by atoms with van der Waals surface area (Å²) >= 11 is 0. The zero-order valence-corrected chi connectivity index (χ0v) is 13.3. The number of ether oxygens (including phenoxy) is 1. The maximum Gasteiger partial charge on any atom is 0.416 e. The molecule has 3 N–H and O–H groups in total. The summed E-state index contributed by atoms with van der Waals surface area (Å²) in [5.74, 6) is 0. The lowest BCUT2D eigenvalue weighted by atomic mass is 10.0. The Hall–Kier alpha value is -1.80. The summed E-state index contributed by atoms with van der Waals surface area (Å²) in [6, 6.07) is 4.26. The van der Waals surface area contributed by atoms with E-state index in [0.717, 1.165) is 6.07 Å². The molecule has 0 aliphatic carbocycles. The van der Waals surface area contributed by atoms with E-state index in [4.69, 9.17) is 4.74 Å². The molecule has 1 aliphatic heterocycles. The third-order valence-corrected chi connectivity index (χ3v) is 3.89. The molecule has 0 saturated carbocycles. The smallest absolute Gasteiger partial charge is 0.386 e. The van der Waals surface area contributed by atoms with Crippen LogP contribution in [-0.4, -0.2) is 42.5 Å². The Morgan fingerprint density at radius 1 is 1.42 bits per heavy atom. The Bertz CT molecular complexity index is 572. The molecule has 1 heterocycles. The molecule has 2 unspecified atom stereocenters. The van der Waals surface area contributed by atoms with Crippen molar-refractivity contribution in [2.45, 2.75) is 37.6 Å². The molecule has 2 amide bonds. The average molecular weight is 346 g/mol. The number of hydrogen-bond acceptors (Lipinski definition) is 3. The van der Waals surface area contributed by atoms with E-state index in [2.05, 4.69) is 10.6 Å². The summed E-state index contributed by atoms with van der Waals surface area (Å²) in [5.41, 5.74) is -1.65. The minimum absolute atomic E-state index is 0.0324. The van der Waals surface area contributed by atoms with Crippen LogP contribution in [0.15, 0.2) is 24.3 Å². The monoisotopic (exact) mass is 346 g/mol. The van der Waals surface area contributed by atoms with Gasteiger partial charge in [0.2, 0.25) is 0 Å². The van der Waals surface area contributed by atoms with Gasteiger partial charge in [0.1, 0.15) is 5.60 Å². The van der Waals surface area contributed by atoms with Gasteiger partial charge in [-0.15, -0.1) is 0 Å². The number of nitrogens with one attached hydrogen (secondary N) is 2. The van der Waals surface area contributed by atoms with Gasteiger partial charge in [-0.25, -0.2) is 4.79 Å². The van der Waals surface area contributed by atoms with E-state index in [0.29, 0.717) is 13.0 Å². The van der Waals surface area contributed by atoms with Gasteiger partial charge in [0.05, 0.1) is 18.7 Å². The van der Waals surface area contributed by atoms with Crippen LogP contribution in [0.4, 0.5) is 18.0 Å². The van der Waals surface area contributed by atoms with E-state index >= 15 is 0 Å². The molecule has 2 rings (SSSR count). The lowest BCUT2D eigenvalue weighted by Gasteiger charge is -2.22. The third kappa shape index (κ3) is 5.10. The number of carbonyl (C=O) groups excluding carboxylic acids is 1. The number of halogens is 3. The molecule has 5 nitrogen and oxygen atoms in total. The van der Waals surface area contributed by atoms with Gasteiger partial charge in [-0.05, 0) is 25.0 Å². The topological polar surface area (TPSA) is 70.6 Å². The number of urea groups is 1. The van der Waals surface area contributed by atoms with Crippen molar-refractivity contribution in [3.8, 4) is 0 Å². The fourth-order valence-electron chi connectivity index (χ4n) is 2.61. The first-order chi connectivity index (χ1) is 11.2. The first-order valence-electron chi connectivity index (χ1n) is 7.69. The van der Waals surface area contributed by atoms with Gasteiger partial charge in [-0.1, -0.05) is 18.2 Å². The first-order valence-corrected chi connectivity index (χ1v) is 7.69. The van der Waals surface area contributed by atoms with Crippen molar-refractivity contribution in [2.75, 3.05) is 19.8 Å². The van der Waals surface area contributed by atoms with Gasteiger partial charge in [0.15, 0.2) is 0 Å². The van der Waals surface area contributed by atoms with E-state index < -0.39 is 29.4 Å². The van der Waals surface area contributed by atoms with Gasteiger partial charge in [-0.2, -0.15) is 13.2 Å². The van der Waals surface area contributed by atoms with E-state index in [1.54, 1.807) is 6.92 Å². The van der Waals surface area contributed by atoms with E-state index in [1.165, 1.54) is 18.2 Å². The summed E-state index contributed by atoms with van der Waals surface area (Å²) in [5, 5.41) is 15.1. The second kappa shape index (κ2) is 7.40. The highest BCUT2D eigenvalue weighted by molar-refractivity contribution is 5.74. The molecule has 0 radical (unpaired) electrons. The fraction of sp³-hybridized carbons (Fsp3) is 0.562. The minimum atomic E-state index is -4.43. The molecule has 1 aromatic rings. The zero-order chi connectivity index (χ0) is 17.8. The van der Waals surface area contributed by atoms with Crippen molar-refractivity contribution in [1.82, 2.24) is 10.6 Å². The van der Waals surface area contributed by atoms with Gasteiger partial charge in [0, 0.05) is 19.1 Å². The molecule has 1 aromatic carbocycles. The Morgan fingerprint density at radius 3 is 2.75 bits per heavy atom. The highest BCUT2D eigenvalue weighted by atomic mass is 19.4. The highest BCUT2D eigenvalue weighted by Crippen LogP contribution is 2.32. The molecule has 1 aliphatic rings. The number of aliphatic hydroxyl groups is 1. The predicted molar refractivity (Wildman–Crippen MR) is 81.5 cm³/mol. The molecule has 0 bridgehead atoms. The van der Waals surface area contributed by atoms with Crippen LogP contribution in [0.2, 0.25) is 0 Å². The predicted octanol–water partition coefficient (Wildman–Crippen LogP) is 2.09. The molecule has 0 spiro atoms. The van der Waals surface area contributed by atoms with Crippen molar-refractivity contribution < 1.29 is 27.8 Å². The number of alkyl halides is 3. The fourth-order valence-corrected chi connectivity index (χ4v) is 2.61. The first kappa shape index (κ1) is 18.5. The lowest BCUT2D eigenvalue weighted by Crippen LogP contribution is -2.49. The summed E-state index contributed by atoms with van der Waals surface area (Å²) < 4.78 is 43.9. The molecule has 8 heteroatoms. The Morgan fingerprint density at radius 2 is 2.12 bits per heavy atom. The number of hydrogen-bond donors (Lipinski definition) is 3. The molecule has 1 saturated heterocycles. The van der Waals surface area contributed by atoms with Crippen LogP contribution in [-0.2, 0) is 17.3 Å². The normalized spacial score (nSPS) is 22.2. The van der Waals surface area contributed by atoms with Crippen LogP contribution < -0.4 is 10.6 Å². The van der Waals surface area contributed by atoms with Gasteiger partial charge < -0.3 is 20.5 Å². The third-order valence-electron chi connectivity index (χ3n) is 3.89. The van der Waals surface area contributed by atoms with Crippen molar-refractivity contribution >= 4 is 6.03 Å². The Balaban J connectivity index is 1.87. The average Bonchev–Trinajstić information content (AvgIpc) is 2.92. The maximum atomic E-state index is 13.0. The van der Waals surface area contributed by atoms with Crippen LogP contribution in [0.3, 0.4) is 0 Å². The van der Waals surface area contributed by atoms with Crippen LogP contribution in [0, 0.1) is 0 Å². The van der Waals surface area contributed by atoms with Crippen LogP contribution in [0.5, 0.6) is 0 Å². The van der Waals surface area contributed by atoms with Gasteiger partial charge in [-0.3, -0.25) is 0 Å².